The molecule has 2 heteroatoms. The minimum absolute atomic E-state index is 0.378. The molecule has 104 valence electrons. The maximum atomic E-state index is 5.79. The van der Waals surface area contributed by atoms with E-state index in [9.17, 15) is 0 Å². The van der Waals surface area contributed by atoms with Crippen molar-refractivity contribution in [2.24, 2.45) is 0 Å². The highest BCUT2D eigenvalue weighted by atomic mass is 31.1. The molecule has 0 radical (unpaired) electrons. The second-order valence-electron chi connectivity index (χ2n) is 5.00. The summed E-state index contributed by atoms with van der Waals surface area (Å²) in [6.07, 6.45) is 1.05. The summed E-state index contributed by atoms with van der Waals surface area (Å²) in [6.45, 7) is 0. The largest absolute Gasteiger partial charge is 0.399 e. The molecule has 0 fully saturated rings. The molecule has 2 N–H and O–H groups in total. The molecule has 3 aromatic carbocycles. The molecule has 3 aromatic rings. The van der Waals surface area contributed by atoms with Gasteiger partial charge in [0.25, 0.3) is 0 Å². The quantitative estimate of drug-likeness (QED) is 0.572. The van der Waals surface area contributed by atoms with Crippen LogP contribution in [0.15, 0.2) is 84.9 Å². The molecule has 0 spiro atoms. The van der Waals surface area contributed by atoms with Crippen molar-refractivity contribution in [1.82, 2.24) is 0 Å². The van der Waals surface area contributed by atoms with Crippen molar-refractivity contribution >= 4 is 24.2 Å². The number of nitrogens with two attached hydrogens (primary N) is 1. The van der Waals surface area contributed by atoms with Crippen LogP contribution in [-0.4, -0.2) is 0 Å². The number of rotatable bonds is 4. The zero-order valence-corrected chi connectivity index (χ0v) is 12.7. The summed E-state index contributed by atoms with van der Waals surface area (Å²) in [7, 11) is -0.378. The van der Waals surface area contributed by atoms with E-state index in [2.05, 4.69) is 72.8 Å². The van der Waals surface area contributed by atoms with Gasteiger partial charge >= 0.3 is 0 Å². The van der Waals surface area contributed by atoms with Crippen LogP contribution in [0.3, 0.4) is 0 Å². The van der Waals surface area contributed by atoms with Crippen molar-refractivity contribution in [3.05, 3.63) is 90.5 Å². The van der Waals surface area contributed by atoms with Crippen LogP contribution in [0.1, 0.15) is 5.56 Å². The first kappa shape index (κ1) is 13.9. The van der Waals surface area contributed by atoms with Gasteiger partial charge in [0, 0.05) is 11.8 Å². The molecule has 0 aliphatic heterocycles. The van der Waals surface area contributed by atoms with Crippen molar-refractivity contribution < 1.29 is 0 Å². The maximum Gasteiger partial charge on any atom is 0.0314 e. The Hall–Kier alpha value is -2.11. The number of anilines is 1. The fraction of sp³-hybridized carbons (Fsp3) is 0.0526. The first-order valence-electron chi connectivity index (χ1n) is 7.05. The molecule has 0 heterocycles. The fourth-order valence-electron chi connectivity index (χ4n) is 2.35. The van der Waals surface area contributed by atoms with Crippen molar-refractivity contribution in [2.45, 2.75) is 6.16 Å². The predicted molar refractivity (Wildman–Crippen MR) is 93.6 cm³/mol. The van der Waals surface area contributed by atoms with Gasteiger partial charge in [-0.05, 0) is 36.2 Å². The van der Waals surface area contributed by atoms with Gasteiger partial charge in [-0.25, -0.2) is 0 Å². The Labute approximate surface area is 127 Å². The Morgan fingerprint density at radius 2 is 1.10 bits per heavy atom. The van der Waals surface area contributed by atoms with E-state index in [1.807, 2.05) is 12.1 Å². The van der Waals surface area contributed by atoms with Crippen molar-refractivity contribution in [1.29, 1.82) is 0 Å². The van der Waals surface area contributed by atoms with Crippen molar-refractivity contribution in [3.63, 3.8) is 0 Å². The van der Waals surface area contributed by atoms with Crippen LogP contribution in [0.5, 0.6) is 0 Å². The maximum absolute atomic E-state index is 5.79. The molecular weight excluding hydrogens is 273 g/mol. The summed E-state index contributed by atoms with van der Waals surface area (Å²) < 4.78 is 0. The lowest BCUT2D eigenvalue weighted by Crippen LogP contribution is -2.12. The average molecular weight is 291 g/mol. The third-order valence-corrected chi connectivity index (χ3v) is 5.98. The van der Waals surface area contributed by atoms with E-state index >= 15 is 0 Å². The van der Waals surface area contributed by atoms with E-state index in [4.69, 9.17) is 5.73 Å². The molecule has 0 saturated carbocycles. The highest BCUT2D eigenvalue weighted by Crippen LogP contribution is 2.37. The second kappa shape index (κ2) is 6.56. The minimum atomic E-state index is -0.378. The predicted octanol–water partition coefficient (Wildman–Crippen LogP) is 3.90. The van der Waals surface area contributed by atoms with E-state index in [0.29, 0.717) is 0 Å². The molecule has 3 rings (SSSR count). The molecule has 0 aliphatic rings. The summed E-state index contributed by atoms with van der Waals surface area (Å²) in [5, 5.41) is 2.83. The molecule has 0 amide bonds. The number of hydrogen-bond acceptors (Lipinski definition) is 1. The van der Waals surface area contributed by atoms with Gasteiger partial charge in [0.1, 0.15) is 0 Å². The van der Waals surface area contributed by atoms with Crippen LogP contribution < -0.4 is 16.3 Å². The molecular formula is C19H18NP. The number of hydrogen-bond donors (Lipinski definition) is 1. The fourth-order valence-corrected chi connectivity index (χ4v) is 4.66. The molecule has 0 atom stereocenters. The Morgan fingerprint density at radius 1 is 0.619 bits per heavy atom. The van der Waals surface area contributed by atoms with Crippen LogP contribution >= 0.6 is 7.92 Å². The Morgan fingerprint density at radius 3 is 1.57 bits per heavy atom. The zero-order valence-electron chi connectivity index (χ0n) is 11.8. The highest BCUT2D eigenvalue weighted by Gasteiger charge is 2.13. The summed E-state index contributed by atoms with van der Waals surface area (Å²) in [6, 6.07) is 29.8. The van der Waals surface area contributed by atoms with Gasteiger partial charge < -0.3 is 5.73 Å². The van der Waals surface area contributed by atoms with Crippen molar-refractivity contribution in [3.8, 4) is 0 Å². The Balaban J connectivity index is 1.95. The molecule has 1 nitrogen and oxygen atoms in total. The molecule has 0 aromatic heterocycles. The second-order valence-corrected chi connectivity index (χ2v) is 7.20. The van der Waals surface area contributed by atoms with E-state index in [1.54, 1.807) is 0 Å². The summed E-state index contributed by atoms with van der Waals surface area (Å²) in [4.78, 5) is 0. The van der Waals surface area contributed by atoms with Crippen LogP contribution in [0.4, 0.5) is 5.69 Å². The monoisotopic (exact) mass is 291 g/mol. The van der Waals surface area contributed by atoms with Gasteiger partial charge in [-0.3, -0.25) is 0 Å². The molecule has 21 heavy (non-hydrogen) atoms. The number of nitrogen functional groups attached to an aromatic ring is 1. The third kappa shape index (κ3) is 3.51. The highest BCUT2D eigenvalue weighted by molar-refractivity contribution is 7.72. The van der Waals surface area contributed by atoms with E-state index in [-0.39, 0.29) is 7.92 Å². The first-order chi connectivity index (χ1) is 10.3. The normalized spacial score (nSPS) is 10.7. The van der Waals surface area contributed by atoms with E-state index < -0.39 is 0 Å². The topological polar surface area (TPSA) is 26.0 Å². The molecule has 0 unspecified atom stereocenters. The van der Waals surface area contributed by atoms with Gasteiger partial charge in [-0.2, -0.15) is 0 Å². The minimum Gasteiger partial charge on any atom is -0.399 e. The molecule has 0 aliphatic carbocycles. The lowest BCUT2D eigenvalue weighted by molar-refractivity contribution is 1.40. The van der Waals surface area contributed by atoms with Crippen LogP contribution in [0, 0.1) is 0 Å². The van der Waals surface area contributed by atoms with Crippen LogP contribution in [-0.2, 0) is 6.16 Å². The molecule has 0 saturated heterocycles. The standard InChI is InChI=1S/C19H18NP/c20-17-13-11-16(12-14-17)15-21(18-7-3-1-4-8-18)19-9-5-2-6-10-19/h1-14H,15,20H2. The van der Waals surface area contributed by atoms with Gasteiger partial charge in [0.2, 0.25) is 0 Å². The zero-order chi connectivity index (χ0) is 14.5. The summed E-state index contributed by atoms with van der Waals surface area (Å²) >= 11 is 0. The van der Waals surface area contributed by atoms with Crippen LogP contribution in [0.25, 0.3) is 0 Å². The summed E-state index contributed by atoms with van der Waals surface area (Å²) in [5.41, 5.74) is 7.94. The molecule has 0 bridgehead atoms. The average Bonchev–Trinajstić information content (AvgIpc) is 2.56. The van der Waals surface area contributed by atoms with Crippen molar-refractivity contribution in [2.75, 3.05) is 5.73 Å². The SMILES string of the molecule is Nc1ccc(CP(c2ccccc2)c2ccccc2)cc1. The summed E-state index contributed by atoms with van der Waals surface area (Å²) in [5.74, 6) is 0. The lowest BCUT2D eigenvalue weighted by Gasteiger charge is -2.19. The Kier molecular flexibility index (Phi) is 4.33. The van der Waals surface area contributed by atoms with Gasteiger partial charge in [0.15, 0.2) is 0 Å². The van der Waals surface area contributed by atoms with Gasteiger partial charge in [0.05, 0.1) is 0 Å². The first-order valence-corrected chi connectivity index (χ1v) is 8.58. The van der Waals surface area contributed by atoms with Gasteiger partial charge in [-0.1, -0.05) is 72.8 Å². The van der Waals surface area contributed by atoms with Crippen LogP contribution in [0.2, 0.25) is 0 Å². The Bertz CT molecular complexity index is 638. The number of benzene rings is 3. The smallest absolute Gasteiger partial charge is 0.0314 e. The third-order valence-electron chi connectivity index (χ3n) is 3.46. The van der Waals surface area contributed by atoms with Gasteiger partial charge in [-0.15, -0.1) is 0 Å². The van der Waals surface area contributed by atoms with E-state index in [1.165, 1.54) is 16.2 Å². The lowest BCUT2D eigenvalue weighted by atomic mass is 10.2. The van der Waals surface area contributed by atoms with E-state index in [0.717, 1.165) is 11.8 Å².